The van der Waals surface area contributed by atoms with Crippen LogP contribution in [0.1, 0.15) is 31.5 Å². The zero-order chi connectivity index (χ0) is 18.4. The molecule has 0 saturated carbocycles. The third kappa shape index (κ3) is 2.86. The second-order valence-corrected chi connectivity index (χ2v) is 7.27. The fourth-order valence-electron chi connectivity index (χ4n) is 3.97. The summed E-state index contributed by atoms with van der Waals surface area (Å²) in [7, 11) is 1.65. The molecule has 1 aromatic heterocycles. The molecule has 2 N–H and O–H groups in total. The topological polar surface area (TPSA) is 76.0 Å². The predicted molar refractivity (Wildman–Crippen MR) is 104 cm³/mol. The number of aromatic nitrogens is 3. The van der Waals surface area contributed by atoms with Crippen LogP contribution in [-0.4, -0.2) is 34.6 Å². The Morgan fingerprint density at radius 3 is 3.00 bits per heavy atom. The summed E-state index contributed by atoms with van der Waals surface area (Å²) in [5.74, 6) is 2.96. The summed E-state index contributed by atoms with van der Waals surface area (Å²) < 4.78 is 11.4. The minimum Gasteiger partial charge on any atom is -0.493 e. The number of hydrogen-bond donors (Lipinski definition) is 2. The number of benzene rings is 1. The van der Waals surface area contributed by atoms with Crippen molar-refractivity contribution in [3.63, 3.8) is 0 Å². The third-order valence-electron chi connectivity index (χ3n) is 5.38. The van der Waals surface area contributed by atoms with Crippen LogP contribution in [0.25, 0.3) is 33.8 Å². The van der Waals surface area contributed by atoms with E-state index in [1.54, 1.807) is 7.11 Å². The van der Waals surface area contributed by atoms with Crippen molar-refractivity contribution in [1.29, 1.82) is 0 Å². The molecule has 0 amide bonds. The van der Waals surface area contributed by atoms with Crippen molar-refractivity contribution in [2.24, 2.45) is 0 Å². The van der Waals surface area contributed by atoms with Crippen LogP contribution in [-0.2, 0) is 0 Å². The predicted octanol–water partition coefficient (Wildman–Crippen LogP) is 4.19. The lowest BCUT2D eigenvalue weighted by molar-refractivity contribution is 0.371. The van der Waals surface area contributed by atoms with Gasteiger partial charge >= 0.3 is 0 Å². The number of aromatic amines is 1. The van der Waals surface area contributed by atoms with Crippen molar-refractivity contribution < 1.29 is 9.15 Å². The Labute approximate surface area is 157 Å². The Kier molecular flexibility index (Phi) is 3.86. The molecule has 0 radical (unpaired) electrons. The molecule has 2 unspecified atom stereocenters. The van der Waals surface area contributed by atoms with Crippen molar-refractivity contribution >= 4 is 11.0 Å². The first-order valence-electron chi connectivity index (χ1n) is 9.37. The van der Waals surface area contributed by atoms with Crippen molar-refractivity contribution in [3.8, 4) is 28.6 Å². The molecule has 1 saturated heterocycles. The number of nitrogens with zero attached hydrogens (tertiary/aromatic N) is 2. The molecule has 0 spiro atoms. The molecule has 2 aromatic rings. The van der Waals surface area contributed by atoms with Crippen LogP contribution in [0.5, 0.6) is 5.75 Å². The molecular formula is C21H22N4O2. The normalized spacial score (nSPS) is 20.4. The second kappa shape index (κ2) is 6.39. The van der Waals surface area contributed by atoms with Crippen LogP contribution in [0, 0.1) is 0 Å². The molecule has 27 heavy (non-hydrogen) atoms. The molecule has 6 heteroatoms. The summed E-state index contributed by atoms with van der Waals surface area (Å²) >= 11 is 0. The SMILES string of the molecule is COc1cccc2cc(-c3cc4[nH]c(C5CCNC(C)C5)ncc-4n3)oc12. The lowest BCUT2D eigenvalue weighted by Gasteiger charge is -2.27. The Morgan fingerprint density at radius 2 is 2.15 bits per heavy atom. The quantitative estimate of drug-likeness (QED) is 0.572. The van der Waals surface area contributed by atoms with Gasteiger partial charge in [-0.15, -0.1) is 0 Å². The van der Waals surface area contributed by atoms with Gasteiger partial charge < -0.3 is 19.5 Å². The van der Waals surface area contributed by atoms with Gasteiger partial charge in [-0.25, -0.2) is 9.97 Å². The molecule has 2 atom stereocenters. The van der Waals surface area contributed by atoms with Gasteiger partial charge in [0.25, 0.3) is 0 Å². The van der Waals surface area contributed by atoms with Crippen LogP contribution in [0.4, 0.5) is 0 Å². The minimum atomic E-state index is 0.458. The van der Waals surface area contributed by atoms with Gasteiger partial charge in [0.1, 0.15) is 17.2 Å². The first kappa shape index (κ1) is 16.3. The Balaban J connectivity index is 1.52. The standard InChI is InChI=1S/C21H22N4O2/c1-12-8-14(6-7-22-12)21-23-11-17-15(25-21)10-16(24-17)19-9-13-4-3-5-18(26-2)20(13)27-19/h3-5,9-12,14,22H,6-8H2,1-2H3,(H,23,25). The van der Waals surface area contributed by atoms with Gasteiger partial charge in [0.15, 0.2) is 17.1 Å². The minimum absolute atomic E-state index is 0.458. The largest absolute Gasteiger partial charge is 0.493 e. The third-order valence-corrected chi connectivity index (χ3v) is 5.38. The first-order chi connectivity index (χ1) is 13.2. The Hall–Kier alpha value is -2.86. The highest BCUT2D eigenvalue weighted by Crippen LogP contribution is 2.35. The summed E-state index contributed by atoms with van der Waals surface area (Å²) in [6.45, 7) is 3.26. The number of fused-ring (bicyclic) bond motifs is 2. The van der Waals surface area contributed by atoms with Gasteiger partial charge in [0.05, 0.1) is 19.0 Å². The van der Waals surface area contributed by atoms with E-state index >= 15 is 0 Å². The van der Waals surface area contributed by atoms with E-state index in [1.807, 2.05) is 36.5 Å². The number of piperidine rings is 1. The van der Waals surface area contributed by atoms with Crippen molar-refractivity contribution in [1.82, 2.24) is 20.3 Å². The summed E-state index contributed by atoms with van der Waals surface area (Å²) in [5, 5.41) is 4.49. The van der Waals surface area contributed by atoms with E-state index in [-0.39, 0.29) is 0 Å². The molecule has 4 heterocycles. The monoisotopic (exact) mass is 362 g/mol. The van der Waals surface area contributed by atoms with Crippen molar-refractivity contribution in [2.45, 2.75) is 31.7 Å². The van der Waals surface area contributed by atoms with Crippen LogP contribution < -0.4 is 10.1 Å². The summed E-state index contributed by atoms with van der Waals surface area (Å²) in [5.41, 5.74) is 3.39. The number of hydrogen-bond acceptors (Lipinski definition) is 5. The molecular weight excluding hydrogens is 340 g/mol. The number of H-pyrrole nitrogens is 1. The zero-order valence-electron chi connectivity index (χ0n) is 15.5. The average Bonchev–Trinajstić information content (AvgIpc) is 3.31. The first-order valence-corrected chi connectivity index (χ1v) is 9.37. The lowest BCUT2D eigenvalue weighted by Crippen LogP contribution is -2.35. The summed E-state index contributed by atoms with van der Waals surface area (Å²) in [6, 6.07) is 10.4. The maximum Gasteiger partial charge on any atom is 0.176 e. The fourth-order valence-corrected chi connectivity index (χ4v) is 3.97. The number of nitrogens with one attached hydrogen (secondary N) is 2. The summed E-state index contributed by atoms with van der Waals surface area (Å²) in [6.07, 6.45) is 4.06. The second-order valence-electron chi connectivity index (χ2n) is 7.27. The number of para-hydroxylation sites is 1. The van der Waals surface area contributed by atoms with Gasteiger partial charge in [0.2, 0.25) is 0 Å². The number of furan rings is 1. The maximum atomic E-state index is 6.04. The van der Waals surface area contributed by atoms with E-state index in [9.17, 15) is 0 Å². The smallest absolute Gasteiger partial charge is 0.176 e. The van der Waals surface area contributed by atoms with Crippen LogP contribution in [0.2, 0.25) is 0 Å². The molecule has 0 aliphatic carbocycles. The Bertz CT molecular complexity index is 1070. The molecule has 0 bridgehead atoms. The lowest BCUT2D eigenvalue weighted by atomic mass is 9.92. The van der Waals surface area contributed by atoms with Crippen LogP contribution in [0.3, 0.4) is 0 Å². The molecule has 1 aromatic carbocycles. The van der Waals surface area contributed by atoms with Gasteiger partial charge in [-0.05, 0) is 44.5 Å². The van der Waals surface area contributed by atoms with E-state index < -0.39 is 0 Å². The molecule has 3 aliphatic rings. The van der Waals surface area contributed by atoms with E-state index in [0.717, 1.165) is 64.8 Å². The van der Waals surface area contributed by atoms with Gasteiger partial charge in [0, 0.05) is 17.3 Å². The van der Waals surface area contributed by atoms with E-state index in [1.165, 1.54) is 0 Å². The van der Waals surface area contributed by atoms with Gasteiger partial charge in [-0.2, -0.15) is 0 Å². The highest BCUT2D eigenvalue weighted by atomic mass is 16.5. The van der Waals surface area contributed by atoms with Crippen LogP contribution in [0.15, 0.2) is 40.9 Å². The molecule has 1 fully saturated rings. The highest BCUT2D eigenvalue weighted by Gasteiger charge is 2.23. The molecule has 3 aliphatic heterocycles. The number of methoxy groups -OCH3 is 1. The van der Waals surface area contributed by atoms with E-state index in [4.69, 9.17) is 14.1 Å². The molecule has 6 nitrogen and oxygen atoms in total. The molecule has 5 rings (SSSR count). The molecule has 138 valence electrons. The fraction of sp³-hybridized carbons (Fsp3) is 0.333. The number of ether oxygens (including phenoxy) is 1. The number of rotatable bonds is 3. The highest BCUT2D eigenvalue weighted by molar-refractivity contribution is 5.87. The Morgan fingerprint density at radius 1 is 1.22 bits per heavy atom. The van der Waals surface area contributed by atoms with Crippen molar-refractivity contribution in [3.05, 3.63) is 42.4 Å². The van der Waals surface area contributed by atoms with E-state index in [0.29, 0.717) is 12.0 Å². The van der Waals surface area contributed by atoms with E-state index in [2.05, 4.69) is 22.2 Å². The van der Waals surface area contributed by atoms with Crippen molar-refractivity contribution in [2.75, 3.05) is 13.7 Å². The van der Waals surface area contributed by atoms with Crippen LogP contribution >= 0.6 is 0 Å². The van der Waals surface area contributed by atoms with Gasteiger partial charge in [-0.3, -0.25) is 0 Å². The average molecular weight is 362 g/mol. The zero-order valence-corrected chi connectivity index (χ0v) is 15.5. The summed E-state index contributed by atoms with van der Waals surface area (Å²) in [4.78, 5) is 12.8. The maximum absolute atomic E-state index is 6.04. The van der Waals surface area contributed by atoms with Gasteiger partial charge in [-0.1, -0.05) is 12.1 Å².